The number of carboxylic acids is 1. The Morgan fingerprint density at radius 3 is 2.38 bits per heavy atom. The zero-order chi connectivity index (χ0) is 23.7. The lowest BCUT2D eigenvalue weighted by Gasteiger charge is -2.14. The number of aromatic nitrogens is 2. The largest absolute Gasteiger partial charge is 0.476 e. The van der Waals surface area contributed by atoms with E-state index in [4.69, 9.17) is 21.4 Å². The third kappa shape index (κ3) is 4.42. The number of nitrogens with zero attached hydrogens (tertiary/aromatic N) is 2. The van der Waals surface area contributed by atoms with Crippen LogP contribution in [0.15, 0.2) is 53.9 Å². The molecular formula is C24H18ClN3O4S2. The van der Waals surface area contributed by atoms with E-state index < -0.39 is 12.1 Å². The van der Waals surface area contributed by atoms with E-state index in [1.54, 1.807) is 0 Å². The molecule has 0 bridgehead atoms. The Labute approximate surface area is 208 Å². The summed E-state index contributed by atoms with van der Waals surface area (Å²) in [5, 5.41) is 14.4. The van der Waals surface area contributed by atoms with Crippen molar-refractivity contribution in [2.75, 3.05) is 13.2 Å². The van der Waals surface area contributed by atoms with Gasteiger partial charge in [-0.3, -0.25) is 0 Å². The molecule has 0 unspecified atom stereocenters. The van der Waals surface area contributed by atoms with Crippen LogP contribution in [0.1, 0.15) is 32.5 Å². The smallest absolute Gasteiger partial charge is 0.407 e. The molecule has 2 N–H and O–H groups in total. The number of benzene rings is 2. The third-order valence-corrected chi connectivity index (χ3v) is 7.67. The predicted molar refractivity (Wildman–Crippen MR) is 132 cm³/mol. The molecule has 0 fully saturated rings. The number of carboxylic acid groups (broad SMARTS) is 1. The number of carbonyl (C=O) groups excluding carboxylic acids is 1. The zero-order valence-corrected chi connectivity index (χ0v) is 20.0. The number of hydrogen-bond acceptors (Lipinski definition) is 7. The van der Waals surface area contributed by atoms with Crippen molar-refractivity contribution in [3.63, 3.8) is 0 Å². The number of rotatable bonds is 7. The number of amides is 1. The molecule has 2 aromatic heterocycles. The summed E-state index contributed by atoms with van der Waals surface area (Å²) in [6, 6.07) is 16.4. The van der Waals surface area contributed by atoms with Crippen LogP contribution in [0, 0.1) is 0 Å². The summed E-state index contributed by atoms with van der Waals surface area (Å²) in [7, 11) is 0. The normalized spacial score (nSPS) is 12.3. The minimum absolute atomic E-state index is 0.00691. The van der Waals surface area contributed by atoms with Crippen LogP contribution in [-0.4, -0.2) is 40.3 Å². The van der Waals surface area contributed by atoms with Gasteiger partial charge in [-0.1, -0.05) is 60.1 Å². The van der Waals surface area contributed by atoms with Crippen molar-refractivity contribution in [1.82, 2.24) is 15.3 Å². The average molecular weight is 512 g/mol. The van der Waals surface area contributed by atoms with E-state index in [2.05, 4.69) is 39.6 Å². The molecule has 10 heteroatoms. The summed E-state index contributed by atoms with van der Waals surface area (Å²) >= 11 is 8.73. The number of fused-ring (bicyclic) bond motifs is 3. The topological polar surface area (TPSA) is 101 Å². The van der Waals surface area contributed by atoms with E-state index in [0.717, 1.165) is 11.1 Å². The van der Waals surface area contributed by atoms with Crippen LogP contribution in [0.25, 0.3) is 21.8 Å². The summed E-state index contributed by atoms with van der Waals surface area (Å²) in [4.78, 5) is 31.9. The highest BCUT2D eigenvalue weighted by Crippen LogP contribution is 2.44. The minimum atomic E-state index is -1.10. The maximum atomic E-state index is 12.3. The highest BCUT2D eigenvalue weighted by atomic mass is 35.5. The Morgan fingerprint density at radius 1 is 1.06 bits per heavy atom. The molecule has 0 spiro atoms. The van der Waals surface area contributed by atoms with Gasteiger partial charge in [-0.2, -0.15) is 0 Å². The van der Waals surface area contributed by atoms with E-state index in [9.17, 15) is 9.59 Å². The first-order valence-electron chi connectivity index (χ1n) is 10.4. The Kier molecular flexibility index (Phi) is 6.32. The summed E-state index contributed by atoms with van der Waals surface area (Å²) in [5.41, 5.74) is 5.10. The van der Waals surface area contributed by atoms with Crippen molar-refractivity contribution in [1.29, 1.82) is 0 Å². The van der Waals surface area contributed by atoms with Gasteiger partial charge in [0.25, 0.3) is 0 Å². The van der Waals surface area contributed by atoms with E-state index >= 15 is 0 Å². The van der Waals surface area contributed by atoms with E-state index in [-0.39, 0.29) is 18.2 Å². The number of alkyl carbamates (subject to hydrolysis) is 1. The van der Waals surface area contributed by atoms with Gasteiger partial charge in [0.05, 0.1) is 5.01 Å². The molecule has 0 atom stereocenters. The number of hydrogen-bond donors (Lipinski definition) is 2. The van der Waals surface area contributed by atoms with Crippen molar-refractivity contribution in [2.24, 2.45) is 0 Å². The van der Waals surface area contributed by atoms with Crippen molar-refractivity contribution >= 4 is 46.3 Å². The van der Waals surface area contributed by atoms with Gasteiger partial charge in [0.2, 0.25) is 0 Å². The van der Waals surface area contributed by atoms with Gasteiger partial charge in [0.1, 0.15) is 21.6 Å². The molecule has 34 heavy (non-hydrogen) atoms. The number of nitrogens with one attached hydrogen (secondary N) is 1. The van der Waals surface area contributed by atoms with Gasteiger partial charge in [-0.15, -0.1) is 22.7 Å². The number of ether oxygens (including phenoxy) is 1. The minimum Gasteiger partial charge on any atom is -0.476 e. The molecule has 0 saturated heterocycles. The SMILES string of the molecule is O=C(NCCc1nc(-c2nc(C(=O)O)cs2)c(Cl)s1)OCC1c2ccccc2-c2ccccc21. The van der Waals surface area contributed by atoms with Gasteiger partial charge >= 0.3 is 12.1 Å². The second kappa shape index (κ2) is 9.54. The van der Waals surface area contributed by atoms with Crippen LogP contribution in [0.5, 0.6) is 0 Å². The van der Waals surface area contributed by atoms with Gasteiger partial charge in [-0.05, 0) is 22.3 Å². The molecule has 2 heterocycles. The summed E-state index contributed by atoms with van der Waals surface area (Å²) in [6.07, 6.45) is -0.0260. The molecule has 1 aliphatic carbocycles. The van der Waals surface area contributed by atoms with Crippen LogP contribution >= 0.6 is 34.3 Å². The second-order valence-corrected chi connectivity index (χ2v) is 10.1. The molecule has 0 radical (unpaired) electrons. The molecule has 0 saturated carbocycles. The third-order valence-electron chi connectivity index (χ3n) is 5.51. The monoisotopic (exact) mass is 511 g/mol. The zero-order valence-electron chi connectivity index (χ0n) is 17.7. The molecule has 172 valence electrons. The summed E-state index contributed by atoms with van der Waals surface area (Å²) < 4.78 is 5.98. The first kappa shape index (κ1) is 22.5. The van der Waals surface area contributed by atoms with Crippen LogP contribution < -0.4 is 5.32 Å². The lowest BCUT2D eigenvalue weighted by atomic mass is 9.98. The van der Waals surface area contributed by atoms with Crippen molar-refractivity contribution in [3.8, 4) is 21.8 Å². The van der Waals surface area contributed by atoms with Crippen molar-refractivity contribution in [3.05, 3.63) is 80.1 Å². The highest BCUT2D eigenvalue weighted by Gasteiger charge is 2.29. The Bertz CT molecular complexity index is 1340. The molecule has 5 rings (SSSR count). The molecule has 1 amide bonds. The fraction of sp³-hybridized carbons (Fsp3) is 0.167. The Balaban J connectivity index is 1.16. The van der Waals surface area contributed by atoms with Crippen LogP contribution in [-0.2, 0) is 11.2 Å². The summed E-state index contributed by atoms with van der Waals surface area (Å²) in [6.45, 7) is 0.585. The van der Waals surface area contributed by atoms with Crippen molar-refractivity contribution in [2.45, 2.75) is 12.3 Å². The Hall–Kier alpha value is -3.27. The van der Waals surface area contributed by atoms with Gasteiger partial charge in [-0.25, -0.2) is 19.6 Å². The fourth-order valence-electron chi connectivity index (χ4n) is 3.98. The predicted octanol–water partition coefficient (Wildman–Crippen LogP) is 5.70. The van der Waals surface area contributed by atoms with Crippen LogP contribution in [0.4, 0.5) is 4.79 Å². The van der Waals surface area contributed by atoms with Crippen LogP contribution in [0.3, 0.4) is 0 Å². The van der Waals surface area contributed by atoms with E-state index in [0.29, 0.717) is 33.0 Å². The lowest BCUT2D eigenvalue weighted by molar-refractivity contribution is 0.0691. The molecule has 0 aliphatic heterocycles. The van der Waals surface area contributed by atoms with Gasteiger partial charge < -0.3 is 15.2 Å². The molecule has 1 aliphatic rings. The number of halogens is 1. The number of aromatic carboxylic acids is 1. The number of carbonyl (C=O) groups is 2. The highest BCUT2D eigenvalue weighted by molar-refractivity contribution is 7.17. The van der Waals surface area contributed by atoms with Crippen LogP contribution in [0.2, 0.25) is 4.34 Å². The van der Waals surface area contributed by atoms with E-state index in [1.807, 2.05) is 24.3 Å². The first-order chi connectivity index (χ1) is 16.5. The lowest BCUT2D eigenvalue weighted by Crippen LogP contribution is -2.28. The summed E-state index contributed by atoms with van der Waals surface area (Å²) in [5.74, 6) is -1.09. The molecule has 2 aromatic carbocycles. The maximum Gasteiger partial charge on any atom is 0.407 e. The maximum absolute atomic E-state index is 12.3. The second-order valence-electron chi connectivity index (χ2n) is 7.58. The first-order valence-corrected chi connectivity index (χ1v) is 12.5. The standard InChI is InChI=1S/C24H18ClN3O4S2/c25-21-20(22-27-18(12-33-22)23(29)30)28-19(34-21)9-10-26-24(31)32-11-17-15-7-3-1-5-13(15)14-6-2-4-8-16(14)17/h1-8,12,17H,9-11H2,(H,26,31)(H,29,30). The number of thiazole rings is 2. The molecular weight excluding hydrogens is 494 g/mol. The molecule has 7 nitrogen and oxygen atoms in total. The van der Waals surface area contributed by atoms with Gasteiger partial charge in [0.15, 0.2) is 5.69 Å². The quantitative estimate of drug-likeness (QED) is 0.330. The molecule has 4 aromatic rings. The Morgan fingerprint density at radius 2 is 1.74 bits per heavy atom. The van der Waals surface area contributed by atoms with E-state index in [1.165, 1.54) is 39.2 Å². The average Bonchev–Trinajstić information content (AvgIpc) is 3.54. The fourth-order valence-corrected chi connectivity index (χ4v) is 6.08. The van der Waals surface area contributed by atoms with Crippen molar-refractivity contribution < 1.29 is 19.4 Å². The van der Waals surface area contributed by atoms with Gasteiger partial charge in [0, 0.05) is 24.3 Å².